The van der Waals surface area contributed by atoms with Crippen molar-refractivity contribution in [3.05, 3.63) is 35.4 Å². The van der Waals surface area contributed by atoms with Gasteiger partial charge in [-0.2, -0.15) is 0 Å². The monoisotopic (exact) mass is 241 g/mol. The van der Waals surface area contributed by atoms with Gasteiger partial charge in [0.2, 0.25) is 0 Å². The first kappa shape index (κ1) is 13.0. The summed E-state index contributed by atoms with van der Waals surface area (Å²) in [5.41, 5.74) is 2.76. The average molecular weight is 242 g/mol. The summed E-state index contributed by atoms with van der Waals surface area (Å²) < 4.78 is 0. The third-order valence-corrected chi connectivity index (χ3v) is 2.77. The van der Waals surface area contributed by atoms with Gasteiger partial charge >= 0.3 is 5.97 Å². The van der Waals surface area contributed by atoms with E-state index in [2.05, 4.69) is 29.2 Å². The van der Waals surface area contributed by atoms with Crippen LogP contribution in [-0.4, -0.2) is 22.5 Å². The first-order chi connectivity index (χ1) is 7.25. The van der Waals surface area contributed by atoms with Gasteiger partial charge in [0.15, 0.2) is 0 Å². The van der Waals surface area contributed by atoms with Crippen LogP contribution < -0.4 is 0 Å². The second-order valence-corrected chi connectivity index (χ2v) is 3.98. The lowest BCUT2D eigenvalue weighted by Crippen LogP contribution is -2.18. The van der Waals surface area contributed by atoms with E-state index >= 15 is 0 Å². The molecule has 2 rings (SSSR count). The molecule has 0 atom stereocenters. The van der Waals surface area contributed by atoms with Crippen molar-refractivity contribution in [3.63, 3.8) is 0 Å². The van der Waals surface area contributed by atoms with Crippen molar-refractivity contribution in [3.8, 4) is 0 Å². The standard InChI is InChI=1S/C12H15NO2.ClH/c14-12(15)6-3-7-13-8-10-4-1-2-5-11(10)9-13;/h1-2,4-5H,3,6-9H2,(H,14,15);1H. The Morgan fingerprint density at radius 1 is 1.25 bits per heavy atom. The van der Waals surface area contributed by atoms with Gasteiger partial charge in [-0.25, -0.2) is 0 Å². The summed E-state index contributed by atoms with van der Waals surface area (Å²) >= 11 is 0. The average Bonchev–Trinajstić information content (AvgIpc) is 2.59. The molecule has 0 spiro atoms. The van der Waals surface area contributed by atoms with E-state index in [1.807, 2.05) is 0 Å². The minimum Gasteiger partial charge on any atom is -0.481 e. The highest BCUT2D eigenvalue weighted by atomic mass is 35.5. The summed E-state index contributed by atoms with van der Waals surface area (Å²) in [5.74, 6) is -0.702. The van der Waals surface area contributed by atoms with E-state index in [1.54, 1.807) is 0 Å². The van der Waals surface area contributed by atoms with Gasteiger partial charge in [-0.15, -0.1) is 12.4 Å². The first-order valence-corrected chi connectivity index (χ1v) is 5.26. The zero-order chi connectivity index (χ0) is 10.7. The third-order valence-electron chi connectivity index (χ3n) is 2.77. The van der Waals surface area contributed by atoms with E-state index in [0.717, 1.165) is 26.1 Å². The molecule has 0 amide bonds. The number of carboxylic acids is 1. The number of carboxylic acid groups (broad SMARTS) is 1. The highest BCUT2D eigenvalue weighted by Crippen LogP contribution is 2.22. The number of aliphatic carboxylic acids is 1. The molecule has 4 heteroatoms. The Labute approximate surface area is 101 Å². The lowest BCUT2D eigenvalue weighted by molar-refractivity contribution is -0.137. The molecular weight excluding hydrogens is 226 g/mol. The first-order valence-electron chi connectivity index (χ1n) is 5.26. The zero-order valence-corrected chi connectivity index (χ0v) is 9.87. The number of hydrogen-bond acceptors (Lipinski definition) is 2. The van der Waals surface area contributed by atoms with Crippen LogP contribution >= 0.6 is 12.4 Å². The van der Waals surface area contributed by atoms with Crippen LogP contribution in [0.2, 0.25) is 0 Å². The Hall–Kier alpha value is -1.06. The lowest BCUT2D eigenvalue weighted by atomic mass is 10.1. The summed E-state index contributed by atoms with van der Waals surface area (Å²) in [5, 5.41) is 8.54. The van der Waals surface area contributed by atoms with Gasteiger partial charge in [0.25, 0.3) is 0 Å². The van der Waals surface area contributed by atoms with Crippen LogP contribution in [0, 0.1) is 0 Å². The Bertz CT molecular complexity index is 343. The number of hydrogen-bond donors (Lipinski definition) is 1. The Morgan fingerprint density at radius 3 is 2.31 bits per heavy atom. The molecule has 1 aromatic carbocycles. The largest absolute Gasteiger partial charge is 0.481 e. The maximum Gasteiger partial charge on any atom is 0.303 e. The van der Waals surface area contributed by atoms with Crippen LogP contribution in [0.4, 0.5) is 0 Å². The van der Waals surface area contributed by atoms with E-state index in [1.165, 1.54) is 11.1 Å². The maximum atomic E-state index is 10.4. The van der Waals surface area contributed by atoms with E-state index in [9.17, 15) is 4.79 Å². The molecule has 1 aromatic rings. The Morgan fingerprint density at radius 2 is 1.81 bits per heavy atom. The second-order valence-electron chi connectivity index (χ2n) is 3.98. The lowest BCUT2D eigenvalue weighted by Gasteiger charge is -2.13. The highest BCUT2D eigenvalue weighted by molar-refractivity contribution is 5.85. The van der Waals surface area contributed by atoms with Crippen LogP contribution in [0.15, 0.2) is 24.3 Å². The molecule has 0 bridgehead atoms. The smallest absolute Gasteiger partial charge is 0.303 e. The van der Waals surface area contributed by atoms with E-state index in [0.29, 0.717) is 0 Å². The topological polar surface area (TPSA) is 40.5 Å². The molecule has 1 aliphatic rings. The molecule has 0 saturated heterocycles. The molecule has 0 aliphatic carbocycles. The number of carbonyl (C=O) groups is 1. The summed E-state index contributed by atoms with van der Waals surface area (Å²) in [6.07, 6.45) is 1.01. The van der Waals surface area contributed by atoms with Gasteiger partial charge in [0, 0.05) is 19.5 Å². The molecule has 1 aliphatic heterocycles. The van der Waals surface area contributed by atoms with Crippen LogP contribution in [0.1, 0.15) is 24.0 Å². The molecule has 3 nitrogen and oxygen atoms in total. The minimum absolute atomic E-state index is 0. The molecule has 16 heavy (non-hydrogen) atoms. The normalized spacial score (nSPS) is 14.2. The van der Waals surface area contributed by atoms with Crippen molar-refractivity contribution < 1.29 is 9.90 Å². The third kappa shape index (κ3) is 3.22. The number of fused-ring (bicyclic) bond motifs is 1. The van der Waals surface area contributed by atoms with Crippen LogP contribution in [-0.2, 0) is 17.9 Å². The van der Waals surface area contributed by atoms with Crippen molar-refractivity contribution in [1.82, 2.24) is 4.90 Å². The van der Waals surface area contributed by atoms with Crippen molar-refractivity contribution in [1.29, 1.82) is 0 Å². The van der Waals surface area contributed by atoms with Crippen LogP contribution in [0.5, 0.6) is 0 Å². The van der Waals surface area contributed by atoms with Crippen LogP contribution in [0.3, 0.4) is 0 Å². The van der Waals surface area contributed by atoms with Gasteiger partial charge < -0.3 is 5.11 Å². The summed E-state index contributed by atoms with van der Waals surface area (Å²) in [4.78, 5) is 12.7. The molecule has 0 unspecified atom stereocenters. The Balaban J connectivity index is 0.00000128. The van der Waals surface area contributed by atoms with Crippen molar-refractivity contribution in [2.75, 3.05) is 6.54 Å². The van der Waals surface area contributed by atoms with Crippen molar-refractivity contribution in [2.45, 2.75) is 25.9 Å². The number of nitrogens with zero attached hydrogens (tertiary/aromatic N) is 1. The summed E-state index contributed by atoms with van der Waals surface area (Å²) in [6, 6.07) is 8.40. The molecule has 88 valence electrons. The van der Waals surface area contributed by atoms with E-state index in [4.69, 9.17) is 5.11 Å². The fourth-order valence-electron chi connectivity index (χ4n) is 2.02. The van der Waals surface area contributed by atoms with Gasteiger partial charge in [-0.05, 0) is 24.1 Å². The fraction of sp³-hybridized carbons (Fsp3) is 0.417. The number of rotatable bonds is 4. The predicted molar refractivity (Wildman–Crippen MR) is 64.7 cm³/mol. The molecule has 0 radical (unpaired) electrons. The van der Waals surface area contributed by atoms with Gasteiger partial charge in [0.1, 0.15) is 0 Å². The SMILES string of the molecule is Cl.O=C(O)CCCN1Cc2ccccc2C1. The molecule has 0 saturated carbocycles. The van der Waals surface area contributed by atoms with E-state index < -0.39 is 5.97 Å². The van der Waals surface area contributed by atoms with Gasteiger partial charge in [0.05, 0.1) is 0 Å². The second kappa shape index (κ2) is 5.87. The number of halogens is 1. The maximum absolute atomic E-state index is 10.4. The van der Waals surface area contributed by atoms with Gasteiger partial charge in [-0.3, -0.25) is 9.69 Å². The quantitative estimate of drug-likeness (QED) is 0.879. The summed E-state index contributed by atoms with van der Waals surface area (Å²) in [6.45, 7) is 2.81. The molecular formula is C12H16ClNO2. The number of benzene rings is 1. The van der Waals surface area contributed by atoms with Crippen LogP contribution in [0.25, 0.3) is 0 Å². The molecule has 1 heterocycles. The van der Waals surface area contributed by atoms with E-state index in [-0.39, 0.29) is 18.8 Å². The summed E-state index contributed by atoms with van der Waals surface area (Å²) in [7, 11) is 0. The molecule has 0 aromatic heterocycles. The molecule has 1 N–H and O–H groups in total. The molecule has 0 fully saturated rings. The zero-order valence-electron chi connectivity index (χ0n) is 9.06. The van der Waals surface area contributed by atoms with Crippen molar-refractivity contribution >= 4 is 18.4 Å². The predicted octanol–water partition coefficient (Wildman–Crippen LogP) is 2.29. The Kier molecular flexibility index (Phi) is 4.77. The highest BCUT2D eigenvalue weighted by Gasteiger charge is 2.17. The minimum atomic E-state index is -0.702. The van der Waals surface area contributed by atoms with Crippen molar-refractivity contribution in [2.24, 2.45) is 0 Å². The fourth-order valence-corrected chi connectivity index (χ4v) is 2.02. The van der Waals surface area contributed by atoms with Gasteiger partial charge in [-0.1, -0.05) is 24.3 Å².